The molecule has 0 bridgehead atoms. The highest BCUT2D eigenvalue weighted by molar-refractivity contribution is 7.92. The van der Waals surface area contributed by atoms with Crippen molar-refractivity contribution in [2.45, 2.75) is 32.1 Å². The van der Waals surface area contributed by atoms with E-state index in [0.29, 0.717) is 6.54 Å². The monoisotopic (exact) mass is 421 g/mol. The van der Waals surface area contributed by atoms with E-state index in [1.165, 1.54) is 17.9 Å². The number of aromatic nitrogens is 2. The van der Waals surface area contributed by atoms with Crippen LogP contribution in [0.2, 0.25) is 0 Å². The highest BCUT2D eigenvalue weighted by atomic mass is 32.2. The largest absolute Gasteiger partial charge is 0.352 e. The van der Waals surface area contributed by atoms with Crippen molar-refractivity contribution in [1.82, 2.24) is 20.0 Å². The molecule has 0 aliphatic rings. The van der Waals surface area contributed by atoms with Gasteiger partial charge >= 0.3 is 0 Å². The molecule has 0 unspecified atom stereocenters. The minimum absolute atomic E-state index is 0.164. The van der Waals surface area contributed by atoms with Crippen molar-refractivity contribution in [2.24, 2.45) is 7.05 Å². The fourth-order valence-corrected chi connectivity index (χ4v) is 4.33. The molecule has 0 fully saturated rings. The molecule has 1 amide bonds. The molecule has 0 aliphatic heterocycles. The van der Waals surface area contributed by atoms with Gasteiger partial charge in [-0.1, -0.05) is 31.5 Å². The molecular formula is C20H31N5O3S. The lowest BCUT2D eigenvalue weighted by molar-refractivity contribution is 0.0952. The number of nitrogens with one attached hydrogen (secondary N) is 1. The maximum atomic E-state index is 13.0. The third-order valence-corrected chi connectivity index (χ3v) is 6.72. The van der Waals surface area contributed by atoms with Gasteiger partial charge in [0, 0.05) is 20.6 Å². The van der Waals surface area contributed by atoms with Crippen LogP contribution in [-0.4, -0.2) is 62.2 Å². The number of hydrogen-bond donors (Lipinski definition) is 1. The lowest BCUT2D eigenvalue weighted by Crippen LogP contribution is -2.33. The molecule has 1 aromatic carbocycles. The van der Waals surface area contributed by atoms with E-state index in [4.69, 9.17) is 0 Å². The van der Waals surface area contributed by atoms with Gasteiger partial charge < -0.3 is 10.2 Å². The third-order valence-electron chi connectivity index (χ3n) is 4.96. The molecule has 2 rings (SSSR count). The summed E-state index contributed by atoms with van der Waals surface area (Å²) in [7, 11) is -0.762. The first-order valence-corrected chi connectivity index (χ1v) is 11.2. The van der Waals surface area contributed by atoms with Gasteiger partial charge in [-0.2, -0.15) is 5.10 Å². The Morgan fingerprint density at radius 1 is 1.17 bits per heavy atom. The molecule has 29 heavy (non-hydrogen) atoms. The van der Waals surface area contributed by atoms with Crippen molar-refractivity contribution in [3.05, 3.63) is 41.6 Å². The molecule has 1 N–H and O–H groups in total. The van der Waals surface area contributed by atoms with Crippen LogP contribution in [0.3, 0.4) is 0 Å². The van der Waals surface area contributed by atoms with Crippen LogP contribution < -0.4 is 9.62 Å². The number of carbonyl (C=O) groups is 1. The van der Waals surface area contributed by atoms with Crippen LogP contribution >= 0.6 is 0 Å². The number of anilines is 1. The number of sulfonamides is 1. The second-order valence-corrected chi connectivity index (χ2v) is 8.90. The van der Waals surface area contributed by atoms with E-state index in [-0.39, 0.29) is 22.2 Å². The zero-order chi connectivity index (χ0) is 21.6. The summed E-state index contributed by atoms with van der Waals surface area (Å²) in [6.07, 6.45) is 2.22. The molecule has 8 nitrogen and oxygen atoms in total. The average Bonchev–Trinajstić information content (AvgIpc) is 3.09. The van der Waals surface area contributed by atoms with E-state index in [1.54, 1.807) is 31.3 Å². The highest BCUT2D eigenvalue weighted by Crippen LogP contribution is 2.25. The summed E-state index contributed by atoms with van der Waals surface area (Å²) in [4.78, 5) is 15.1. The van der Waals surface area contributed by atoms with Crippen LogP contribution in [0.5, 0.6) is 0 Å². The summed E-state index contributed by atoms with van der Waals surface area (Å²) in [5, 5.41) is 6.97. The van der Waals surface area contributed by atoms with E-state index in [1.807, 2.05) is 6.92 Å². The van der Waals surface area contributed by atoms with Crippen molar-refractivity contribution in [3.63, 3.8) is 0 Å². The molecule has 0 saturated carbocycles. The molecule has 9 heteroatoms. The molecule has 2 aromatic rings. The second kappa shape index (κ2) is 9.89. The van der Waals surface area contributed by atoms with Crippen molar-refractivity contribution >= 4 is 21.7 Å². The second-order valence-electron chi connectivity index (χ2n) is 6.93. The number of benzene rings is 1. The van der Waals surface area contributed by atoms with Crippen molar-refractivity contribution in [2.75, 3.05) is 37.5 Å². The van der Waals surface area contributed by atoms with E-state index in [9.17, 15) is 13.2 Å². The topological polar surface area (TPSA) is 87.5 Å². The maximum absolute atomic E-state index is 13.0. The fourth-order valence-electron chi connectivity index (χ4n) is 3.09. The summed E-state index contributed by atoms with van der Waals surface area (Å²) in [5.74, 6) is -0.106. The highest BCUT2D eigenvalue weighted by Gasteiger charge is 2.28. The molecule has 0 radical (unpaired) electrons. The number of hydrogen-bond acceptors (Lipinski definition) is 5. The molecule has 0 atom stereocenters. The first-order valence-electron chi connectivity index (χ1n) is 9.80. The lowest BCUT2D eigenvalue weighted by atomic mass is 10.2. The van der Waals surface area contributed by atoms with Crippen LogP contribution in [0, 0.1) is 6.92 Å². The van der Waals surface area contributed by atoms with Crippen LogP contribution in [-0.2, 0) is 17.1 Å². The molecule has 0 aliphatic carbocycles. The predicted molar refractivity (Wildman–Crippen MR) is 115 cm³/mol. The van der Waals surface area contributed by atoms with Crippen molar-refractivity contribution < 1.29 is 13.2 Å². The Kier molecular flexibility index (Phi) is 7.80. The molecule has 1 heterocycles. The SMILES string of the molecule is CCN(CC)CCCNC(=O)c1cnn(C)c1N(C)S(=O)(=O)c1ccc(C)cc1. The molecule has 0 spiro atoms. The minimum atomic E-state index is -3.81. The first-order chi connectivity index (χ1) is 13.7. The van der Waals surface area contributed by atoms with E-state index in [0.717, 1.165) is 35.9 Å². The Labute approximate surface area is 173 Å². The zero-order valence-electron chi connectivity index (χ0n) is 17.8. The van der Waals surface area contributed by atoms with Crippen LogP contribution in [0.25, 0.3) is 0 Å². The minimum Gasteiger partial charge on any atom is -0.352 e. The molecular weight excluding hydrogens is 390 g/mol. The van der Waals surface area contributed by atoms with E-state index in [2.05, 4.69) is 29.2 Å². The van der Waals surface area contributed by atoms with Gasteiger partial charge in [0.25, 0.3) is 15.9 Å². The summed E-state index contributed by atoms with van der Waals surface area (Å²) in [6.45, 7) is 9.46. The number of nitrogens with zero attached hydrogens (tertiary/aromatic N) is 4. The number of aryl methyl sites for hydroxylation is 2. The quantitative estimate of drug-likeness (QED) is 0.593. The number of amides is 1. The van der Waals surface area contributed by atoms with Gasteiger partial charge in [-0.15, -0.1) is 0 Å². The molecule has 0 saturated heterocycles. The Balaban J connectivity index is 2.15. The number of carbonyl (C=O) groups excluding carboxylic acids is 1. The Bertz CT molecular complexity index is 918. The van der Waals surface area contributed by atoms with Gasteiger partial charge in [0.15, 0.2) is 5.82 Å². The summed E-state index contributed by atoms with van der Waals surface area (Å²) >= 11 is 0. The summed E-state index contributed by atoms with van der Waals surface area (Å²) in [6, 6.07) is 6.61. The van der Waals surface area contributed by atoms with Crippen molar-refractivity contribution in [1.29, 1.82) is 0 Å². The van der Waals surface area contributed by atoms with E-state index < -0.39 is 10.0 Å². The fraction of sp³-hybridized carbons (Fsp3) is 0.500. The smallest absolute Gasteiger partial charge is 0.265 e. The maximum Gasteiger partial charge on any atom is 0.265 e. The number of rotatable bonds is 10. The first kappa shape index (κ1) is 22.9. The van der Waals surface area contributed by atoms with Crippen LogP contribution in [0.1, 0.15) is 36.2 Å². The van der Waals surface area contributed by atoms with Gasteiger partial charge in [0.05, 0.1) is 11.1 Å². The normalized spacial score (nSPS) is 11.7. The summed E-state index contributed by atoms with van der Waals surface area (Å²) < 4.78 is 28.5. The molecule has 160 valence electrons. The zero-order valence-corrected chi connectivity index (χ0v) is 18.7. The van der Waals surface area contributed by atoms with Crippen molar-refractivity contribution in [3.8, 4) is 0 Å². The van der Waals surface area contributed by atoms with Gasteiger partial charge in [-0.3, -0.25) is 13.8 Å². The van der Waals surface area contributed by atoms with E-state index >= 15 is 0 Å². The van der Waals surface area contributed by atoms with Crippen LogP contribution in [0.4, 0.5) is 5.82 Å². The Hall–Kier alpha value is -2.39. The van der Waals surface area contributed by atoms with Crippen LogP contribution in [0.15, 0.2) is 35.4 Å². The third kappa shape index (κ3) is 5.36. The van der Waals surface area contributed by atoms with Gasteiger partial charge in [-0.25, -0.2) is 8.42 Å². The lowest BCUT2D eigenvalue weighted by Gasteiger charge is -2.21. The molecule has 1 aromatic heterocycles. The standard InChI is InChI=1S/C20H31N5O3S/c1-6-25(7-2)14-8-13-21-19(26)18-15-22-23(4)20(18)24(5)29(27,28)17-11-9-16(3)10-12-17/h9-12,15H,6-8,13-14H2,1-5H3,(H,21,26). The summed E-state index contributed by atoms with van der Waals surface area (Å²) in [5.41, 5.74) is 1.20. The Morgan fingerprint density at radius 2 is 1.79 bits per heavy atom. The van der Waals surface area contributed by atoms with Gasteiger partial charge in [0.2, 0.25) is 0 Å². The van der Waals surface area contributed by atoms with Gasteiger partial charge in [0.1, 0.15) is 5.56 Å². The van der Waals surface area contributed by atoms with Gasteiger partial charge in [-0.05, 0) is 45.1 Å². The average molecular weight is 422 g/mol. The Morgan fingerprint density at radius 3 is 2.38 bits per heavy atom. The predicted octanol–water partition coefficient (Wildman–Crippen LogP) is 2.02.